The average molecular weight is 355 g/mol. The molecule has 5 nitrogen and oxygen atoms in total. The van der Waals surface area contributed by atoms with E-state index in [0.717, 1.165) is 6.92 Å². The summed E-state index contributed by atoms with van der Waals surface area (Å²) in [5.74, 6) is -2.87. The van der Waals surface area contributed by atoms with Crippen LogP contribution in [0.15, 0.2) is 41.6 Å². The third-order valence-corrected chi connectivity index (χ3v) is 5.19. The minimum absolute atomic E-state index is 0.0436. The van der Waals surface area contributed by atoms with Crippen molar-refractivity contribution < 1.29 is 17.2 Å². The minimum atomic E-state index is -3.44. The van der Waals surface area contributed by atoms with Crippen molar-refractivity contribution in [3.63, 3.8) is 0 Å². The molecule has 130 valence electrons. The zero-order valence-electron chi connectivity index (χ0n) is 13.7. The number of pyridine rings is 2. The SMILES string of the molecule is CCS(=O)(=O)c1cccnc1-c1ccc(N(C)CC(C)(F)F)cn1. The van der Waals surface area contributed by atoms with E-state index in [2.05, 4.69) is 9.97 Å². The van der Waals surface area contributed by atoms with Crippen LogP contribution >= 0.6 is 0 Å². The van der Waals surface area contributed by atoms with E-state index in [1.165, 1.54) is 23.4 Å². The van der Waals surface area contributed by atoms with E-state index in [1.54, 1.807) is 32.2 Å². The number of anilines is 1. The summed E-state index contributed by atoms with van der Waals surface area (Å²) in [6, 6.07) is 6.24. The van der Waals surface area contributed by atoms with Crippen LogP contribution in [0, 0.1) is 0 Å². The number of hydrogen-bond acceptors (Lipinski definition) is 5. The summed E-state index contributed by atoms with van der Waals surface area (Å²) < 4.78 is 50.5. The average Bonchev–Trinajstić information content (AvgIpc) is 2.53. The molecule has 2 rings (SSSR count). The molecule has 0 radical (unpaired) electrons. The number of rotatable bonds is 6. The van der Waals surface area contributed by atoms with E-state index >= 15 is 0 Å². The molecule has 8 heteroatoms. The molecule has 0 spiro atoms. The Morgan fingerprint density at radius 3 is 2.46 bits per heavy atom. The molecule has 0 unspecified atom stereocenters. The number of halogens is 2. The van der Waals surface area contributed by atoms with E-state index in [4.69, 9.17) is 0 Å². The van der Waals surface area contributed by atoms with Crippen LogP contribution in [-0.2, 0) is 9.84 Å². The van der Waals surface area contributed by atoms with E-state index in [9.17, 15) is 17.2 Å². The molecule has 0 saturated heterocycles. The van der Waals surface area contributed by atoms with Crippen molar-refractivity contribution in [2.24, 2.45) is 0 Å². The van der Waals surface area contributed by atoms with Crippen LogP contribution in [0.5, 0.6) is 0 Å². The van der Waals surface area contributed by atoms with Gasteiger partial charge in [0.05, 0.1) is 34.8 Å². The summed E-state index contributed by atoms with van der Waals surface area (Å²) >= 11 is 0. The van der Waals surface area contributed by atoms with E-state index in [1.807, 2.05) is 0 Å². The predicted octanol–water partition coefficient (Wildman–Crippen LogP) is 3.03. The first-order valence-electron chi connectivity index (χ1n) is 7.37. The lowest BCUT2D eigenvalue weighted by atomic mass is 10.2. The smallest absolute Gasteiger partial charge is 0.262 e. The molecule has 0 N–H and O–H groups in total. The van der Waals surface area contributed by atoms with Gasteiger partial charge < -0.3 is 4.90 Å². The van der Waals surface area contributed by atoms with Gasteiger partial charge in [0, 0.05) is 20.2 Å². The quantitative estimate of drug-likeness (QED) is 0.797. The van der Waals surface area contributed by atoms with Gasteiger partial charge in [-0.3, -0.25) is 9.97 Å². The molecule has 2 aromatic rings. The minimum Gasteiger partial charge on any atom is -0.367 e. The number of aromatic nitrogens is 2. The first-order valence-corrected chi connectivity index (χ1v) is 9.02. The van der Waals surface area contributed by atoms with Crippen molar-refractivity contribution >= 4 is 15.5 Å². The van der Waals surface area contributed by atoms with Crippen molar-refractivity contribution in [3.05, 3.63) is 36.7 Å². The molecular formula is C16H19F2N3O2S. The molecule has 0 aliphatic heterocycles. The molecule has 2 aromatic heterocycles. The fraction of sp³-hybridized carbons (Fsp3) is 0.375. The van der Waals surface area contributed by atoms with Crippen LogP contribution in [0.3, 0.4) is 0 Å². The Labute approximate surface area is 140 Å². The summed E-state index contributed by atoms with van der Waals surface area (Å²) in [6.45, 7) is 1.97. The summed E-state index contributed by atoms with van der Waals surface area (Å²) in [5.41, 5.74) is 1.15. The molecule has 0 aliphatic carbocycles. The Hall–Kier alpha value is -2.09. The summed E-state index contributed by atoms with van der Waals surface area (Å²) in [4.78, 5) is 9.82. The normalized spacial score (nSPS) is 12.2. The molecule has 0 amide bonds. The monoisotopic (exact) mass is 355 g/mol. The fourth-order valence-corrected chi connectivity index (χ4v) is 3.30. The lowest BCUT2D eigenvalue weighted by Crippen LogP contribution is -2.31. The third-order valence-electron chi connectivity index (χ3n) is 3.43. The maximum Gasteiger partial charge on any atom is 0.262 e. The van der Waals surface area contributed by atoms with Crippen molar-refractivity contribution in [2.45, 2.75) is 24.7 Å². The van der Waals surface area contributed by atoms with Gasteiger partial charge in [0.25, 0.3) is 5.92 Å². The lowest BCUT2D eigenvalue weighted by Gasteiger charge is -2.22. The highest BCUT2D eigenvalue weighted by Gasteiger charge is 2.24. The Morgan fingerprint density at radius 2 is 1.92 bits per heavy atom. The third kappa shape index (κ3) is 4.25. The second-order valence-corrected chi connectivity index (χ2v) is 7.83. The highest BCUT2D eigenvalue weighted by atomic mass is 32.2. The van der Waals surface area contributed by atoms with Gasteiger partial charge in [-0.2, -0.15) is 0 Å². The van der Waals surface area contributed by atoms with E-state index in [-0.39, 0.29) is 16.3 Å². The van der Waals surface area contributed by atoms with Crippen LogP contribution in [0.1, 0.15) is 13.8 Å². The molecule has 24 heavy (non-hydrogen) atoms. The maximum atomic E-state index is 13.1. The molecule has 0 atom stereocenters. The Kier molecular flexibility index (Phi) is 5.17. The van der Waals surface area contributed by atoms with Crippen LogP contribution in [0.4, 0.5) is 14.5 Å². The highest BCUT2D eigenvalue weighted by Crippen LogP contribution is 2.26. The number of hydrogen-bond donors (Lipinski definition) is 0. The van der Waals surface area contributed by atoms with Gasteiger partial charge in [-0.15, -0.1) is 0 Å². The van der Waals surface area contributed by atoms with Crippen LogP contribution in [0.25, 0.3) is 11.4 Å². The fourth-order valence-electron chi connectivity index (χ4n) is 2.25. The molecule has 0 bridgehead atoms. The Balaban J connectivity index is 2.36. The van der Waals surface area contributed by atoms with E-state index in [0.29, 0.717) is 11.4 Å². The van der Waals surface area contributed by atoms with Crippen LogP contribution < -0.4 is 4.90 Å². The standard InChI is InChI=1S/C16H19F2N3O2S/c1-4-24(22,23)14-6-5-9-19-15(14)13-8-7-12(10-20-13)21(3)11-16(2,17)18/h5-10H,4,11H2,1-3H3. The number of sulfone groups is 1. The molecular weight excluding hydrogens is 336 g/mol. The molecule has 2 heterocycles. The first kappa shape index (κ1) is 18.3. The van der Waals surface area contributed by atoms with Gasteiger partial charge in [0.2, 0.25) is 0 Å². The molecule has 0 aliphatic rings. The van der Waals surface area contributed by atoms with Gasteiger partial charge in [-0.25, -0.2) is 17.2 Å². The van der Waals surface area contributed by atoms with Gasteiger partial charge >= 0.3 is 0 Å². The summed E-state index contributed by atoms with van der Waals surface area (Å²) in [7, 11) is -1.90. The van der Waals surface area contributed by atoms with E-state index < -0.39 is 22.3 Å². The van der Waals surface area contributed by atoms with Crippen LogP contribution in [0.2, 0.25) is 0 Å². The number of nitrogens with zero attached hydrogens (tertiary/aromatic N) is 3. The zero-order valence-corrected chi connectivity index (χ0v) is 14.5. The van der Waals surface area contributed by atoms with Crippen molar-refractivity contribution in [1.82, 2.24) is 9.97 Å². The first-order chi connectivity index (χ1) is 11.1. The molecule has 0 saturated carbocycles. The van der Waals surface area contributed by atoms with Crippen molar-refractivity contribution in [3.8, 4) is 11.4 Å². The summed E-state index contributed by atoms with van der Waals surface area (Å²) in [5, 5.41) is 0. The van der Waals surface area contributed by atoms with Crippen molar-refractivity contribution in [1.29, 1.82) is 0 Å². The summed E-state index contributed by atoms with van der Waals surface area (Å²) in [6.07, 6.45) is 2.92. The van der Waals surface area contributed by atoms with Gasteiger partial charge in [-0.05, 0) is 24.3 Å². The molecule has 0 aromatic carbocycles. The second kappa shape index (κ2) is 6.80. The highest BCUT2D eigenvalue weighted by molar-refractivity contribution is 7.91. The van der Waals surface area contributed by atoms with Gasteiger partial charge in [-0.1, -0.05) is 6.92 Å². The van der Waals surface area contributed by atoms with Gasteiger partial charge in [0.1, 0.15) is 5.69 Å². The predicted molar refractivity (Wildman–Crippen MR) is 89.1 cm³/mol. The van der Waals surface area contributed by atoms with Gasteiger partial charge in [0.15, 0.2) is 9.84 Å². The zero-order chi connectivity index (χ0) is 18.0. The largest absolute Gasteiger partial charge is 0.367 e. The topological polar surface area (TPSA) is 63.2 Å². The lowest BCUT2D eigenvalue weighted by molar-refractivity contribution is 0.0310. The van der Waals surface area contributed by atoms with Crippen LogP contribution in [-0.4, -0.2) is 43.7 Å². The number of alkyl halides is 2. The molecule has 0 fully saturated rings. The Bertz CT molecular complexity index is 803. The Morgan fingerprint density at radius 1 is 1.21 bits per heavy atom. The maximum absolute atomic E-state index is 13.1. The second-order valence-electron chi connectivity index (χ2n) is 5.58. The van der Waals surface area contributed by atoms with Crippen molar-refractivity contribution in [2.75, 3.05) is 24.2 Å².